The smallest absolute Gasteiger partial charge is 0.203 e. The van der Waals surface area contributed by atoms with E-state index >= 15 is 0 Å². The summed E-state index contributed by atoms with van der Waals surface area (Å²) in [5, 5.41) is 3.62. The highest BCUT2D eigenvalue weighted by Crippen LogP contribution is 2.38. The Kier molecular flexibility index (Phi) is 8.28. The molecule has 1 saturated carbocycles. The van der Waals surface area contributed by atoms with Crippen molar-refractivity contribution in [2.45, 2.75) is 57.4 Å². The van der Waals surface area contributed by atoms with Crippen LogP contribution in [0.3, 0.4) is 0 Å². The molecule has 3 rings (SSSR count). The second-order valence-corrected chi connectivity index (χ2v) is 8.27. The van der Waals surface area contributed by atoms with Crippen molar-refractivity contribution < 1.29 is 14.2 Å². The van der Waals surface area contributed by atoms with Crippen LogP contribution < -0.4 is 19.5 Å². The molecular formula is C23H38N2O3. The molecule has 28 heavy (non-hydrogen) atoms. The van der Waals surface area contributed by atoms with Gasteiger partial charge in [0.2, 0.25) is 5.75 Å². The second kappa shape index (κ2) is 10.9. The van der Waals surface area contributed by atoms with E-state index in [0.29, 0.717) is 11.8 Å². The van der Waals surface area contributed by atoms with Crippen molar-refractivity contribution in [2.24, 2.45) is 5.92 Å². The molecule has 0 spiro atoms. The van der Waals surface area contributed by atoms with E-state index in [2.05, 4.69) is 22.3 Å². The summed E-state index contributed by atoms with van der Waals surface area (Å²) in [6.07, 6.45) is 10.7. The standard InChI is InChI=1S/C23H38N2O3/c1-26-21-15-19(16-22(27-2)23(21)28-3)10-7-12-25-13-11-24-17-20(25)14-18-8-5-4-6-9-18/h15-16,18,20,24H,4-14,17H2,1-3H3/t20-/m0/s1. The number of methoxy groups -OCH3 is 3. The van der Waals surface area contributed by atoms with Crippen molar-refractivity contribution in [3.63, 3.8) is 0 Å². The number of piperazine rings is 1. The molecule has 2 aliphatic rings. The minimum atomic E-state index is 0.670. The molecule has 1 N–H and O–H groups in total. The summed E-state index contributed by atoms with van der Waals surface area (Å²) in [6.45, 7) is 4.61. The molecule has 1 aromatic carbocycles. The Morgan fingerprint density at radius 3 is 2.36 bits per heavy atom. The van der Waals surface area contributed by atoms with Gasteiger partial charge in [0.25, 0.3) is 0 Å². The summed E-state index contributed by atoms with van der Waals surface area (Å²) >= 11 is 0. The number of benzene rings is 1. The van der Waals surface area contributed by atoms with Crippen molar-refractivity contribution in [3.8, 4) is 17.2 Å². The maximum Gasteiger partial charge on any atom is 0.203 e. The van der Waals surface area contributed by atoms with E-state index < -0.39 is 0 Å². The Labute approximate surface area is 170 Å². The molecule has 1 heterocycles. The van der Waals surface area contributed by atoms with Crippen LogP contribution in [0.15, 0.2) is 12.1 Å². The van der Waals surface area contributed by atoms with Crippen molar-refractivity contribution >= 4 is 0 Å². The predicted molar refractivity (Wildman–Crippen MR) is 114 cm³/mol. The lowest BCUT2D eigenvalue weighted by Crippen LogP contribution is -2.52. The first-order chi connectivity index (χ1) is 13.7. The van der Waals surface area contributed by atoms with E-state index in [9.17, 15) is 0 Å². The summed E-state index contributed by atoms with van der Waals surface area (Å²) in [7, 11) is 5.01. The third kappa shape index (κ3) is 5.54. The molecule has 158 valence electrons. The van der Waals surface area contributed by atoms with Gasteiger partial charge in [-0.05, 0) is 49.4 Å². The van der Waals surface area contributed by atoms with E-state index in [1.54, 1.807) is 21.3 Å². The minimum absolute atomic E-state index is 0.670. The molecule has 1 aliphatic heterocycles. The number of hydrogen-bond donors (Lipinski definition) is 1. The largest absolute Gasteiger partial charge is 0.493 e. The van der Waals surface area contributed by atoms with E-state index in [0.717, 1.165) is 49.9 Å². The molecular weight excluding hydrogens is 352 g/mol. The fourth-order valence-corrected chi connectivity index (χ4v) is 4.90. The van der Waals surface area contributed by atoms with Gasteiger partial charge in [0, 0.05) is 25.7 Å². The molecule has 5 heteroatoms. The number of nitrogens with zero attached hydrogens (tertiary/aromatic N) is 1. The fourth-order valence-electron chi connectivity index (χ4n) is 4.90. The maximum absolute atomic E-state index is 5.49. The van der Waals surface area contributed by atoms with E-state index in [1.165, 1.54) is 50.6 Å². The van der Waals surface area contributed by atoms with Gasteiger partial charge in [0.15, 0.2) is 11.5 Å². The van der Waals surface area contributed by atoms with E-state index in [1.807, 2.05) is 0 Å². The molecule has 0 amide bonds. The number of aryl methyl sites for hydroxylation is 1. The van der Waals surface area contributed by atoms with Crippen molar-refractivity contribution in [1.82, 2.24) is 10.2 Å². The fraction of sp³-hybridized carbons (Fsp3) is 0.739. The molecule has 0 aromatic heterocycles. The van der Waals surface area contributed by atoms with Crippen LogP contribution in [-0.2, 0) is 6.42 Å². The van der Waals surface area contributed by atoms with Gasteiger partial charge < -0.3 is 19.5 Å². The maximum atomic E-state index is 5.49. The van der Waals surface area contributed by atoms with Crippen molar-refractivity contribution in [3.05, 3.63) is 17.7 Å². The average molecular weight is 391 g/mol. The van der Waals surface area contributed by atoms with Crippen molar-refractivity contribution in [2.75, 3.05) is 47.5 Å². The summed E-state index contributed by atoms with van der Waals surface area (Å²) in [4.78, 5) is 2.73. The number of ether oxygens (including phenoxy) is 3. The lowest BCUT2D eigenvalue weighted by molar-refractivity contribution is 0.127. The monoisotopic (exact) mass is 390 g/mol. The molecule has 0 unspecified atom stereocenters. The molecule has 1 aromatic rings. The number of rotatable bonds is 9. The summed E-state index contributed by atoms with van der Waals surface area (Å²) < 4.78 is 16.4. The van der Waals surface area contributed by atoms with Crippen LogP contribution >= 0.6 is 0 Å². The predicted octanol–water partition coefficient (Wildman–Crippen LogP) is 3.89. The SMILES string of the molecule is COc1cc(CCCN2CCNC[C@@H]2CC2CCCCC2)cc(OC)c1OC. The topological polar surface area (TPSA) is 43.0 Å². The molecule has 1 atom stereocenters. The highest BCUT2D eigenvalue weighted by atomic mass is 16.5. The quantitative estimate of drug-likeness (QED) is 0.693. The summed E-state index contributed by atoms with van der Waals surface area (Å²) in [5.41, 5.74) is 1.24. The third-order valence-corrected chi connectivity index (χ3v) is 6.44. The van der Waals surface area contributed by atoms with Gasteiger partial charge in [0.05, 0.1) is 21.3 Å². The lowest BCUT2D eigenvalue weighted by atomic mass is 9.84. The van der Waals surface area contributed by atoms with Gasteiger partial charge >= 0.3 is 0 Å². The van der Waals surface area contributed by atoms with Gasteiger partial charge in [-0.25, -0.2) is 0 Å². The molecule has 1 aliphatic carbocycles. The summed E-state index contributed by atoms with van der Waals surface area (Å²) in [6, 6.07) is 4.87. The van der Waals surface area contributed by atoms with Gasteiger partial charge in [0.1, 0.15) is 0 Å². The Bertz CT molecular complexity index is 577. The highest BCUT2D eigenvalue weighted by Gasteiger charge is 2.26. The van der Waals surface area contributed by atoms with Gasteiger partial charge in [-0.3, -0.25) is 4.90 Å². The van der Waals surface area contributed by atoms with Crippen molar-refractivity contribution in [1.29, 1.82) is 0 Å². The van der Waals surface area contributed by atoms with Crippen LogP contribution in [0.25, 0.3) is 0 Å². The Balaban J connectivity index is 1.55. The minimum Gasteiger partial charge on any atom is -0.493 e. The zero-order valence-corrected chi connectivity index (χ0v) is 18.0. The van der Waals surface area contributed by atoms with Gasteiger partial charge in [-0.1, -0.05) is 32.1 Å². The highest BCUT2D eigenvalue weighted by molar-refractivity contribution is 5.53. The molecule has 0 bridgehead atoms. The Hall–Kier alpha value is -1.46. The molecule has 5 nitrogen and oxygen atoms in total. The lowest BCUT2D eigenvalue weighted by Gasteiger charge is -2.39. The summed E-state index contributed by atoms with van der Waals surface area (Å²) in [5.74, 6) is 3.10. The van der Waals surface area contributed by atoms with Crippen LogP contribution in [-0.4, -0.2) is 58.5 Å². The molecule has 2 fully saturated rings. The van der Waals surface area contributed by atoms with Crippen LogP contribution in [0, 0.1) is 5.92 Å². The Morgan fingerprint density at radius 1 is 1.00 bits per heavy atom. The van der Waals surface area contributed by atoms with Crippen LogP contribution in [0.4, 0.5) is 0 Å². The van der Waals surface area contributed by atoms with E-state index in [4.69, 9.17) is 14.2 Å². The first-order valence-corrected chi connectivity index (χ1v) is 11.0. The zero-order valence-electron chi connectivity index (χ0n) is 18.0. The zero-order chi connectivity index (χ0) is 19.8. The van der Waals surface area contributed by atoms with Gasteiger partial charge in [-0.2, -0.15) is 0 Å². The second-order valence-electron chi connectivity index (χ2n) is 8.27. The first-order valence-electron chi connectivity index (χ1n) is 11.0. The normalized spacial score (nSPS) is 21.5. The van der Waals surface area contributed by atoms with Crippen LogP contribution in [0.2, 0.25) is 0 Å². The first kappa shape index (κ1) is 21.3. The third-order valence-electron chi connectivity index (χ3n) is 6.44. The molecule has 1 saturated heterocycles. The van der Waals surface area contributed by atoms with Gasteiger partial charge in [-0.15, -0.1) is 0 Å². The number of nitrogens with one attached hydrogen (secondary N) is 1. The molecule has 0 radical (unpaired) electrons. The van der Waals surface area contributed by atoms with E-state index in [-0.39, 0.29) is 0 Å². The number of hydrogen-bond acceptors (Lipinski definition) is 5. The Morgan fingerprint density at radius 2 is 1.71 bits per heavy atom. The average Bonchev–Trinajstić information content (AvgIpc) is 2.75. The van der Waals surface area contributed by atoms with Crippen LogP contribution in [0.1, 0.15) is 50.5 Å². The van der Waals surface area contributed by atoms with Crippen LogP contribution in [0.5, 0.6) is 17.2 Å².